The Morgan fingerprint density at radius 2 is 2.05 bits per heavy atom. The first-order valence-corrected chi connectivity index (χ1v) is 5.83. The van der Waals surface area contributed by atoms with Gasteiger partial charge in [0.2, 0.25) is 5.91 Å². The van der Waals surface area contributed by atoms with Crippen LogP contribution in [-0.2, 0) is 11.3 Å². The summed E-state index contributed by atoms with van der Waals surface area (Å²) in [5.74, 6) is 0.213. The predicted octanol–water partition coefficient (Wildman–Crippen LogP) is 0.498. The van der Waals surface area contributed by atoms with E-state index in [-0.39, 0.29) is 18.0 Å². The predicted molar refractivity (Wildman–Crippen MR) is 71.6 cm³/mol. The summed E-state index contributed by atoms with van der Waals surface area (Å²) in [5, 5.41) is 5.55. The highest BCUT2D eigenvalue weighted by molar-refractivity contribution is 5.80. The van der Waals surface area contributed by atoms with E-state index in [2.05, 4.69) is 20.6 Å². The number of benzene rings is 1. The number of nitrogens with zero attached hydrogens (tertiary/aromatic N) is 1. The molecule has 1 aromatic heterocycles. The highest BCUT2D eigenvalue weighted by atomic mass is 16.2. The fourth-order valence-corrected chi connectivity index (χ4v) is 1.50. The molecule has 6 heteroatoms. The average Bonchev–Trinajstić information content (AvgIpc) is 2.44. The number of aromatic amines is 1. The molecular weight excluding hydrogens is 244 g/mol. The van der Waals surface area contributed by atoms with E-state index in [1.54, 1.807) is 0 Å². The number of carbonyl (C=O) groups is 1. The number of hydrogen-bond acceptors (Lipinski definition) is 4. The second-order valence-electron chi connectivity index (χ2n) is 3.91. The molecule has 0 fully saturated rings. The second kappa shape index (κ2) is 6.34. The van der Waals surface area contributed by atoms with Crippen LogP contribution in [0.5, 0.6) is 0 Å². The zero-order valence-electron chi connectivity index (χ0n) is 10.2. The van der Waals surface area contributed by atoms with E-state index >= 15 is 0 Å². The molecule has 0 radical (unpaired) electrons. The maximum atomic E-state index is 11.6. The Balaban J connectivity index is 1.77. The van der Waals surface area contributed by atoms with Crippen molar-refractivity contribution in [3.8, 4) is 0 Å². The van der Waals surface area contributed by atoms with Crippen LogP contribution in [0.25, 0.3) is 0 Å². The van der Waals surface area contributed by atoms with Gasteiger partial charge in [0.05, 0.1) is 12.9 Å². The van der Waals surface area contributed by atoms with Crippen molar-refractivity contribution in [2.45, 2.75) is 6.54 Å². The lowest BCUT2D eigenvalue weighted by molar-refractivity contribution is -0.119. The van der Waals surface area contributed by atoms with Gasteiger partial charge in [-0.25, -0.2) is 4.98 Å². The molecular formula is C13H14N4O2. The molecule has 0 saturated carbocycles. The second-order valence-corrected chi connectivity index (χ2v) is 3.91. The highest BCUT2D eigenvalue weighted by Crippen LogP contribution is 1.97. The number of aromatic nitrogens is 2. The molecule has 98 valence electrons. The van der Waals surface area contributed by atoms with E-state index in [0.29, 0.717) is 12.4 Å². The third-order valence-electron chi connectivity index (χ3n) is 2.44. The Bertz CT molecular complexity index is 595. The maximum absolute atomic E-state index is 11.6. The molecule has 0 spiro atoms. The first kappa shape index (κ1) is 12.8. The maximum Gasteiger partial charge on any atom is 0.252 e. The van der Waals surface area contributed by atoms with E-state index in [1.165, 1.54) is 12.4 Å². The summed E-state index contributed by atoms with van der Waals surface area (Å²) in [5.41, 5.74) is 0.771. The van der Waals surface area contributed by atoms with Gasteiger partial charge in [0.1, 0.15) is 5.82 Å². The summed E-state index contributed by atoms with van der Waals surface area (Å²) in [6.07, 6.45) is 1.28. The third kappa shape index (κ3) is 4.27. The molecule has 1 heterocycles. The zero-order chi connectivity index (χ0) is 13.5. The molecule has 1 aromatic carbocycles. The average molecular weight is 258 g/mol. The van der Waals surface area contributed by atoms with Gasteiger partial charge in [-0.2, -0.15) is 0 Å². The molecule has 3 N–H and O–H groups in total. The van der Waals surface area contributed by atoms with Gasteiger partial charge in [0, 0.05) is 12.6 Å². The molecule has 2 rings (SSSR count). The lowest BCUT2D eigenvalue weighted by Crippen LogP contribution is -2.29. The van der Waals surface area contributed by atoms with Crippen molar-refractivity contribution in [2.24, 2.45) is 0 Å². The Labute approximate surface area is 109 Å². The number of carbonyl (C=O) groups excluding carboxylic acids is 1. The Morgan fingerprint density at radius 1 is 1.26 bits per heavy atom. The largest absolute Gasteiger partial charge is 0.361 e. The number of H-pyrrole nitrogens is 1. The van der Waals surface area contributed by atoms with Crippen LogP contribution in [0, 0.1) is 0 Å². The molecule has 0 atom stereocenters. The van der Waals surface area contributed by atoms with Crippen LogP contribution >= 0.6 is 0 Å². The Hall–Kier alpha value is -2.63. The fourth-order valence-electron chi connectivity index (χ4n) is 1.50. The fraction of sp³-hybridized carbons (Fsp3) is 0.154. The minimum absolute atomic E-state index is 0.0727. The van der Waals surface area contributed by atoms with Crippen molar-refractivity contribution in [2.75, 3.05) is 11.9 Å². The molecule has 19 heavy (non-hydrogen) atoms. The van der Waals surface area contributed by atoms with Crippen molar-refractivity contribution < 1.29 is 4.79 Å². The standard InChI is InChI=1S/C13H14N4O2/c18-12-6-11(16-9-17-12)14-8-13(19)15-7-10-4-2-1-3-5-10/h1-6,9H,7-8H2,(H,15,19)(H2,14,16,17,18). The minimum atomic E-state index is -0.262. The van der Waals surface area contributed by atoms with Gasteiger partial charge in [0.25, 0.3) is 5.56 Å². The van der Waals surface area contributed by atoms with Gasteiger partial charge < -0.3 is 15.6 Å². The molecule has 0 bridgehead atoms. The summed E-state index contributed by atoms with van der Waals surface area (Å²) >= 11 is 0. The molecule has 0 aliphatic rings. The van der Waals surface area contributed by atoms with Crippen molar-refractivity contribution >= 4 is 11.7 Å². The summed E-state index contributed by atoms with van der Waals surface area (Å²) in [4.78, 5) is 28.9. The lowest BCUT2D eigenvalue weighted by Gasteiger charge is -2.06. The number of anilines is 1. The van der Waals surface area contributed by atoms with E-state index < -0.39 is 0 Å². The number of hydrogen-bond donors (Lipinski definition) is 3. The van der Waals surface area contributed by atoms with Crippen molar-refractivity contribution in [3.05, 3.63) is 58.6 Å². The number of nitrogens with one attached hydrogen (secondary N) is 3. The van der Waals surface area contributed by atoms with Crippen LogP contribution in [0.15, 0.2) is 47.5 Å². The monoisotopic (exact) mass is 258 g/mol. The lowest BCUT2D eigenvalue weighted by atomic mass is 10.2. The SMILES string of the molecule is O=C(CNc1cc(=O)[nH]cn1)NCc1ccccc1. The molecule has 0 unspecified atom stereocenters. The molecule has 0 aliphatic heterocycles. The van der Waals surface area contributed by atoms with Crippen molar-refractivity contribution in [1.82, 2.24) is 15.3 Å². The van der Waals surface area contributed by atoms with Crippen LogP contribution in [0.4, 0.5) is 5.82 Å². The van der Waals surface area contributed by atoms with Crippen LogP contribution in [-0.4, -0.2) is 22.4 Å². The Morgan fingerprint density at radius 3 is 2.79 bits per heavy atom. The van der Waals surface area contributed by atoms with Crippen molar-refractivity contribution in [1.29, 1.82) is 0 Å². The van der Waals surface area contributed by atoms with E-state index in [1.807, 2.05) is 30.3 Å². The van der Waals surface area contributed by atoms with Crippen LogP contribution < -0.4 is 16.2 Å². The molecule has 0 saturated heterocycles. The first-order valence-electron chi connectivity index (χ1n) is 5.83. The smallest absolute Gasteiger partial charge is 0.252 e. The van der Waals surface area contributed by atoms with Crippen LogP contribution in [0.1, 0.15) is 5.56 Å². The van der Waals surface area contributed by atoms with Crippen molar-refractivity contribution in [3.63, 3.8) is 0 Å². The summed E-state index contributed by atoms with van der Waals surface area (Å²) in [6.45, 7) is 0.549. The highest BCUT2D eigenvalue weighted by Gasteiger charge is 2.01. The van der Waals surface area contributed by atoms with Gasteiger partial charge in [-0.1, -0.05) is 30.3 Å². The first-order chi connectivity index (χ1) is 9.24. The van der Waals surface area contributed by atoms with Crippen LogP contribution in [0.3, 0.4) is 0 Å². The summed E-state index contributed by atoms with van der Waals surface area (Å²) in [6, 6.07) is 10.9. The van der Waals surface area contributed by atoms with Gasteiger partial charge in [-0.15, -0.1) is 0 Å². The molecule has 2 aromatic rings. The van der Waals surface area contributed by atoms with E-state index in [4.69, 9.17) is 0 Å². The van der Waals surface area contributed by atoms with Gasteiger partial charge >= 0.3 is 0 Å². The minimum Gasteiger partial charge on any atom is -0.361 e. The third-order valence-corrected chi connectivity index (χ3v) is 2.44. The van der Waals surface area contributed by atoms with Gasteiger partial charge in [0.15, 0.2) is 0 Å². The van der Waals surface area contributed by atoms with Gasteiger partial charge in [-0.05, 0) is 5.56 Å². The van der Waals surface area contributed by atoms with E-state index in [9.17, 15) is 9.59 Å². The van der Waals surface area contributed by atoms with Crippen LogP contribution in [0.2, 0.25) is 0 Å². The molecule has 0 aliphatic carbocycles. The van der Waals surface area contributed by atoms with Gasteiger partial charge in [-0.3, -0.25) is 9.59 Å². The number of amides is 1. The van der Waals surface area contributed by atoms with E-state index in [0.717, 1.165) is 5.56 Å². The quantitative estimate of drug-likeness (QED) is 0.728. The molecule has 6 nitrogen and oxygen atoms in total. The zero-order valence-corrected chi connectivity index (χ0v) is 10.2. The summed E-state index contributed by atoms with van der Waals surface area (Å²) < 4.78 is 0. The topological polar surface area (TPSA) is 86.9 Å². The molecule has 1 amide bonds. The summed E-state index contributed by atoms with van der Waals surface area (Å²) in [7, 11) is 0. The Kier molecular flexibility index (Phi) is 4.28. The number of rotatable bonds is 5. The normalized spacial score (nSPS) is 9.89.